The fraction of sp³-hybridized carbons (Fsp3) is 0.929. The molecule has 1 amide bonds. The number of hydrogen-bond donors (Lipinski definition) is 2. The van der Waals surface area contributed by atoms with Gasteiger partial charge in [-0.2, -0.15) is 0 Å². The third-order valence-corrected chi connectivity index (χ3v) is 4.03. The molecule has 0 aromatic rings. The minimum absolute atomic E-state index is 0.118. The monoisotopic (exact) mass is 255 g/mol. The van der Waals surface area contributed by atoms with Gasteiger partial charge in [-0.3, -0.25) is 9.69 Å². The number of nitrogens with two attached hydrogens (primary N) is 1. The fourth-order valence-corrected chi connectivity index (χ4v) is 2.67. The standard InChI is InChI=1S/C14H29N3O/c1-5-16-13(18)8-12(9-15)17-7-6-11(10-17)14(2,3)4/h11-12H,5-10,15H2,1-4H3,(H,16,18). The van der Waals surface area contributed by atoms with Gasteiger partial charge in [0.15, 0.2) is 0 Å². The van der Waals surface area contributed by atoms with Crippen molar-refractivity contribution in [1.82, 2.24) is 10.2 Å². The molecule has 1 fully saturated rings. The van der Waals surface area contributed by atoms with Crippen LogP contribution in [-0.4, -0.2) is 43.0 Å². The molecule has 2 unspecified atom stereocenters. The van der Waals surface area contributed by atoms with Crippen molar-refractivity contribution >= 4 is 5.91 Å². The lowest BCUT2D eigenvalue weighted by atomic mass is 9.80. The number of nitrogens with one attached hydrogen (secondary N) is 1. The largest absolute Gasteiger partial charge is 0.356 e. The summed E-state index contributed by atoms with van der Waals surface area (Å²) in [5.41, 5.74) is 6.18. The van der Waals surface area contributed by atoms with Crippen molar-refractivity contribution in [2.45, 2.75) is 46.6 Å². The van der Waals surface area contributed by atoms with Gasteiger partial charge in [-0.1, -0.05) is 20.8 Å². The Hall–Kier alpha value is -0.610. The molecule has 4 heteroatoms. The van der Waals surface area contributed by atoms with Crippen molar-refractivity contribution in [3.8, 4) is 0 Å². The quantitative estimate of drug-likeness (QED) is 0.776. The lowest BCUT2D eigenvalue weighted by Gasteiger charge is -2.30. The van der Waals surface area contributed by atoms with Crippen molar-refractivity contribution in [3.63, 3.8) is 0 Å². The number of nitrogens with zero attached hydrogens (tertiary/aromatic N) is 1. The van der Waals surface area contributed by atoms with Gasteiger partial charge < -0.3 is 11.1 Å². The van der Waals surface area contributed by atoms with Crippen LogP contribution in [0, 0.1) is 11.3 Å². The average molecular weight is 255 g/mol. The van der Waals surface area contributed by atoms with Gasteiger partial charge in [0.05, 0.1) is 0 Å². The highest BCUT2D eigenvalue weighted by molar-refractivity contribution is 5.76. The van der Waals surface area contributed by atoms with Gasteiger partial charge in [0.1, 0.15) is 0 Å². The number of hydrogen-bond acceptors (Lipinski definition) is 3. The van der Waals surface area contributed by atoms with E-state index in [1.165, 1.54) is 6.42 Å². The summed E-state index contributed by atoms with van der Waals surface area (Å²) in [4.78, 5) is 14.0. The Balaban J connectivity index is 2.50. The van der Waals surface area contributed by atoms with E-state index in [-0.39, 0.29) is 11.9 Å². The molecule has 1 saturated heterocycles. The van der Waals surface area contributed by atoms with Gasteiger partial charge >= 0.3 is 0 Å². The minimum Gasteiger partial charge on any atom is -0.356 e. The zero-order chi connectivity index (χ0) is 13.8. The second kappa shape index (κ2) is 6.53. The summed E-state index contributed by atoms with van der Waals surface area (Å²) in [6, 6.07) is 0.198. The van der Waals surface area contributed by atoms with Gasteiger partial charge in [0.25, 0.3) is 0 Å². The summed E-state index contributed by atoms with van der Waals surface area (Å²) >= 11 is 0. The van der Waals surface area contributed by atoms with E-state index in [2.05, 4.69) is 31.0 Å². The van der Waals surface area contributed by atoms with Crippen LogP contribution in [0.4, 0.5) is 0 Å². The molecule has 4 nitrogen and oxygen atoms in total. The third kappa shape index (κ3) is 4.25. The van der Waals surface area contributed by atoms with Crippen LogP contribution in [0.3, 0.4) is 0 Å². The lowest BCUT2D eigenvalue weighted by molar-refractivity contribution is -0.122. The SMILES string of the molecule is CCNC(=O)CC(CN)N1CCC(C(C)(C)C)C1. The highest BCUT2D eigenvalue weighted by atomic mass is 16.1. The highest BCUT2D eigenvalue weighted by Crippen LogP contribution is 2.34. The van der Waals surface area contributed by atoms with E-state index in [4.69, 9.17) is 5.73 Å². The summed E-state index contributed by atoms with van der Waals surface area (Å²) in [6.45, 7) is 12.2. The first-order chi connectivity index (χ1) is 8.38. The topological polar surface area (TPSA) is 58.4 Å². The van der Waals surface area contributed by atoms with E-state index in [0.29, 0.717) is 30.8 Å². The fourth-order valence-electron chi connectivity index (χ4n) is 2.67. The van der Waals surface area contributed by atoms with E-state index < -0.39 is 0 Å². The molecule has 0 aliphatic carbocycles. The molecule has 0 spiro atoms. The molecule has 2 atom stereocenters. The number of amides is 1. The smallest absolute Gasteiger partial charge is 0.221 e. The van der Waals surface area contributed by atoms with E-state index in [1.807, 2.05) is 6.92 Å². The predicted molar refractivity (Wildman–Crippen MR) is 75.3 cm³/mol. The number of rotatable bonds is 5. The Kier molecular flexibility index (Phi) is 5.60. The third-order valence-electron chi connectivity index (χ3n) is 4.03. The number of likely N-dealkylation sites (tertiary alicyclic amines) is 1. The van der Waals surface area contributed by atoms with Gasteiger partial charge in [0.2, 0.25) is 5.91 Å². The molecule has 0 radical (unpaired) electrons. The molecule has 18 heavy (non-hydrogen) atoms. The maximum atomic E-state index is 11.7. The maximum Gasteiger partial charge on any atom is 0.221 e. The Morgan fingerprint density at radius 3 is 2.61 bits per heavy atom. The van der Waals surface area contributed by atoms with Gasteiger partial charge in [-0.05, 0) is 31.2 Å². The van der Waals surface area contributed by atoms with Crippen LogP contribution >= 0.6 is 0 Å². The van der Waals surface area contributed by atoms with Crippen molar-refractivity contribution in [2.24, 2.45) is 17.1 Å². The molecular formula is C14H29N3O. The number of carbonyl (C=O) groups is 1. The summed E-state index contributed by atoms with van der Waals surface area (Å²) in [5.74, 6) is 0.827. The molecule has 1 aliphatic rings. The van der Waals surface area contributed by atoms with E-state index in [1.54, 1.807) is 0 Å². The molecule has 0 saturated carbocycles. The molecule has 3 N–H and O–H groups in total. The molecule has 1 rings (SSSR count). The van der Waals surface area contributed by atoms with Gasteiger partial charge in [0, 0.05) is 32.1 Å². The van der Waals surface area contributed by atoms with Crippen LogP contribution in [0.15, 0.2) is 0 Å². The van der Waals surface area contributed by atoms with Crippen LogP contribution in [0.2, 0.25) is 0 Å². The van der Waals surface area contributed by atoms with Crippen molar-refractivity contribution < 1.29 is 4.79 Å². The Labute approximate surface area is 111 Å². The zero-order valence-corrected chi connectivity index (χ0v) is 12.3. The molecule has 1 aliphatic heterocycles. The van der Waals surface area contributed by atoms with Crippen molar-refractivity contribution in [1.29, 1.82) is 0 Å². The van der Waals surface area contributed by atoms with E-state index in [0.717, 1.165) is 13.1 Å². The van der Waals surface area contributed by atoms with Gasteiger partial charge in [-0.25, -0.2) is 0 Å². The predicted octanol–water partition coefficient (Wildman–Crippen LogP) is 1.21. The second-order valence-corrected chi connectivity index (χ2v) is 6.39. The van der Waals surface area contributed by atoms with Crippen LogP contribution in [0.25, 0.3) is 0 Å². The van der Waals surface area contributed by atoms with Crippen LogP contribution in [0.1, 0.15) is 40.5 Å². The molecule has 0 aromatic heterocycles. The number of carbonyl (C=O) groups excluding carboxylic acids is 1. The average Bonchev–Trinajstić information content (AvgIpc) is 2.75. The van der Waals surface area contributed by atoms with Gasteiger partial charge in [-0.15, -0.1) is 0 Å². The normalized spacial score (nSPS) is 23.1. The summed E-state index contributed by atoms with van der Waals surface area (Å²) in [7, 11) is 0. The summed E-state index contributed by atoms with van der Waals surface area (Å²) in [6.07, 6.45) is 1.75. The Bertz CT molecular complexity index is 273. The maximum absolute atomic E-state index is 11.7. The second-order valence-electron chi connectivity index (χ2n) is 6.39. The first-order valence-electron chi connectivity index (χ1n) is 7.09. The van der Waals surface area contributed by atoms with E-state index >= 15 is 0 Å². The zero-order valence-electron chi connectivity index (χ0n) is 12.3. The van der Waals surface area contributed by atoms with E-state index in [9.17, 15) is 4.79 Å². The van der Waals surface area contributed by atoms with Crippen molar-refractivity contribution in [3.05, 3.63) is 0 Å². The Morgan fingerprint density at radius 1 is 1.50 bits per heavy atom. The van der Waals surface area contributed by atoms with Crippen LogP contribution < -0.4 is 11.1 Å². The molecule has 0 aromatic carbocycles. The first-order valence-corrected chi connectivity index (χ1v) is 7.09. The molecule has 0 bridgehead atoms. The summed E-state index contributed by atoms with van der Waals surface area (Å²) in [5, 5.41) is 2.85. The van der Waals surface area contributed by atoms with Crippen LogP contribution in [-0.2, 0) is 4.79 Å². The van der Waals surface area contributed by atoms with Crippen LogP contribution in [0.5, 0.6) is 0 Å². The van der Waals surface area contributed by atoms with Crippen molar-refractivity contribution in [2.75, 3.05) is 26.2 Å². The summed E-state index contributed by atoms with van der Waals surface area (Å²) < 4.78 is 0. The Morgan fingerprint density at radius 2 is 2.17 bits per heavy atom. The highest BCUT2D eigenvalue weighted by Gasteiger charge is 2.34. The minimum atomic E-state index is 0.118. The molecule has 106 valence electrons. The first kappa shape index (κ1) is 15.4. The molecular weight excluding hydrogens is 226 g/mol. The molecule has 1 heterocycles. The lowest BCUT2D eigenvalue weighted by Crippen LogP contribution is -2.43.